The summed E-state index contributed by atoms with van der Waals surface area (Å²) in [5.41, 5.74) is 1.06. The van der Waals surface area contributed by atoms with Crippen molar-refractivity contribution in [3.8, 4) is 5.75 Å². The molecule has 0 radical (unpaired) electrons. The molecular weight excluding hydrogens is 594 g/mol. The predicted molar refractivity (Wildman–Crippen MR) is 183 cm³/mol. The standard InChI is InChI=1S/C38H49N3O6/c1-9-20-39(27-14-16-28(17-15-27)46-11-3)34(43)31-32-35(44)41(30(23-42)24(4)5)33(38(32)19-18-37(31,8)47-38)36(45)40(21-10-2)29-22-25(6)12-13-26(29)7/h9-10,12-17,22,24,30-33,42H,1-2,11,18-21,23H2,3-8H3/t30-,31+,32-,33?,37-,38?/m0/s1. The second-order valence-electron chi connectivity index (χ2n) is 13.7. The van der Waals surface area contributed by atoms with Crippen LogP contribution in [0.5, 0.6) is 5.75 Å². The van der Waals surface area contributed by atoms with Gasteiger partial charge in [-0.3, -0.25) is 14.4 Å². The van der Waals surface area contributed by atoms with Crippen LogP contribution in [0.2, 0.25) is 0 Å². The molecule has 252 valence electrons. The number of benzene rings is 2. The zero-order chi connectivity index (χ0) is 34.3. The number of hydrogen-bond donors (Lipinski definition) is 1. The number of carbonyl (C=O) groups is 3. The van der Waals surface area contributed by atoms with E-state index in [9.17, 15) is 14.7 Å². The normalized spacial score (nSPS) is 26.7. The van der Waals surface area contributed by atoms with Gasteiger partial charge in [-0.2, -0.15) is 0 Å². The molecule has 1 spiro atoms. The molecule has 3 aliphatic rings. The molecule has 5 rings (SSSR count). The van der Waals surface area contributed by atoms with E-state index in [1.54, 1.807) is 26.9 Å². The highest BCUT2D eigenvalue weighted by atomic mass is 16.5. The Labute approximate surface area is 278 Å². The van der Waals surface area contributed by atoms with Crippen molar-refractivity contribution in [2.24, 2.45) is 17.8 Å². The van der Waals surface area contributed by atoms with E-state index in [-0.39, 0.29) is 43.3 Å². The number of carbonyl (C=O) groups excluding carboxylic acids is 3. The Hall–Kier alpha value is -3.95. The smallest absolute Gasteiger partial charge is 0.253 e. The average Bonchev–Trinajstić information content (AvgIpc) is 3.61. The minimum atomic E-state index is -1.25. The zero-order valence-electron chi connectivity index (χ0n) is 28.6. The second kappa shape index (κ2) is 13.3. The van der Waals surface area contributed by atoms with Gasteiger partial charge in [-0.1, -0.05) is 38.1 Å². The van der Waals surface area contributed by atoms with E-state index < -0.39 is 35.1 Å². The molecule has 9 heteroatoms. The molecule has 9 nitrogen and oxygen atoms in total. The Morgan fingerprint density at radius 3 is 2.32 bits per heavy atom. The van der Waals surface area contributed by atoms with Gasteiger partial charge < -0.3 is 29.3 Å². The second-order valence-corrected chi connectivity index (χ2v) is 13.7. The van der Waals surface area contributed by atoms with Crippen LogP contribution in [0.4, 0.5) is 11.4 Å². The predicted octanol–water partition coefficient (Wildman–Crippen LogP) is 5.22. The van der Waals surface area contributed by atoms with E-state index in [1.165, 1.54) is 0 Å². The lowest BCUT2D eigenvalue weighted by atomic mass is 9.66. The molecule has 0 saturated carbocycles. The third kappa shape index (κ3) is 5.67. The summed E-state index contributed by atoms with van der Waals surface area (Å²) in [6.07, 6.45) is 4.28. The third-order valence-electron chi connectivity index (χ3n) is 10.3. The van der Waals surface area contributed by atoms with Crippen LogP contribution in [0.25, 0.3) is 0 Å². The van der Waals surface area contributed by atoms with Crippen molar-refractivity contribution in [3.63, 3.8) is 0 Å². The maximum absolute atomic E-state index is 15.0. The number of amides is 3. The van der Waals surface area contributed by atoms with Crippen LogP contribution < -0.4 is 14.5 Å². The molecule has 3 saturated heterocycles. The van der Waals surface area contributed by atoms with Crippen LogP contribution in [-0.4, -0.2) is 77.3 Å². The SMILES string of the molecule is C=CCN(C(=O)[C@H]1[C@H]2C(=O)N([C@@H](CO)C(C)C)C(C(=O)N(CC=C)c3cc(C)ccc3C)C23CC[C@]1(C)O3)c1ccc(OCC)cc1. The van der Waals surface area contributed by atoms with Gasteiger partial charge in [-0.25, -0.2) is 0 Å². The minimum absolute atomic E-state index is 0.161. The van der Waals surface area contributed by atoms with Crippen LogP contribution >= 0.6 is 0 Å². The highest BCUT2D eigenvalue weighted by Gasteiger charge is 2.79. The first-order valence-corrected chi connectivity index (χ1v) is 16.7. The fourth-order valence-corrected chi connectivity index (χ4v) is 8.10. The van der Waals surface area contributed by atoms with Crippen molar-refractivity contribution in [2.45, 2.75) is 77.7 Å². The summed E-state index contributed by atoms with van der Waals surface area (Å²) in [7, 11) is 0. The number of aryl methyl sites for hydroxylation is 2. The van der Waals surface area contributed by atoms with Crippen molar-refractivity contribution in [1.29, 1.82) is 0 Å². The molecule has 2 aromatic carbocycles. The molecule has 3 amide bonds. The van der Waals surface area contributed by atoms with Gasteiger partial charge >= 0.3 is 0 Å². The number of anilines is 2. The number of nitrogens with zero attached hydrogens (tertiary/aromatic N) is 3. The van der Waals surface area contributed by atoms with Gasteiger partial charge in [0.25, 0.3) is 5.91 Å². The average molecular weight is 644 g/mol. The summed E-state index contributed by atoms with van der Waals surface area (Å²) < 4.78 is 12.5. The summed E-state index contributed by atoms with van der Waals surface area (Å²) in [6.45, 7) is 20.0. The summed E-state index contributed by atoms with van der Waals surface area (Å²) in [5.74, 6) is -2.12. The van der Waals surface area contributed by atoms with E-state index >= 15 is 4.79 Å². The first-order chi connectivity index (χ1) is 22.4. The number of hydrogen-bond acceptors (Lipinski definition) is 6. The number of fused-ring (bicyclic) bond motifs is 1. The maximum Gasteiger partial charge on any atom is 0.253 e. The number of rotatable bonds is 13. The molecule has 1 N–H and O–H groups in total. The molecule has 3 aliphatic heterocycles. The lowest BCUT2D eigenvalue weighted by Crippen LogP contribution is -2.60. The fourth-order valence-electron chi connectivity index (χ4n) is 8.10. The molecule has 3 heterocycles. The largest absolute Gasteiger partial charge is 0.494 e. The monoisotopic (exact) mass is 643 g/mol. The van der Waals surface area contributed by atoms with Gasteiger partial charge in [-0.15, -0.1) is 13.2 Å². The van der Waals surface area contributed by atoms with Crippen molar-refractivity contribution >= 4 is 29.1 Å². The molecule has 2 aromatic rings. The Bertz CT molecular complexity index is 1540. The Kier molecular flexibility index (Phi) is 9.71. The Morgan fingerprint density at radius 2 is 1.72 bits per heavy atom. The molecule has 0 aromatic heterocycles. The number of aliphatic hydroxyl groups excluding tert-OH is 1. The van der Waals surface area contributed by atoms with Crippen LogP contribution in [0.1, 0.15) is 51.7 Å². The van der Waals surface area contributed by atoms with Crippen LogP contribution in [0.3, 0.4) is 0 Å². The quantitative estimate of drug-likeness (QED) is 0.301. The highest BCUT2D eigenvalue weighted by Crippen LogP contribution is 2.64. The van der Waals surface area contributed by atoms with Gasteiger partial charge in [0.2, 0.25) is 11.8 Å². The van der Waals surface area contributed by atoms with Crippen molar-refractivity contribution in [2.75, 3.05) is 36.1 Å². The first kappa shape index (κ1) is 34.4. The third-order valence-corrected chi connectivity index (χ3v) is 10.3. The molecule has 2 unspecified atom stereocenters. The minimum Gasteiger partial charge on any atom is -0.494 e. The summed E-state index contributed by atoms with van der Waals surface area (Å²) in [5, 5.41) is 10.7. The summed E-state index contributed by atoms with van der Waals surface area (Å²) >= 11 is 0. The van der Waals surface area contributed by atoms with Crippen molar-refractivity contribution in [3.05, 3.63) is 78.9 Å². The van der Waals surface area contributed by atoms with E-state index in [4.69, 9.17) is 9.47 Å². The van der Waals surface area contributed by atoms with Crippen LogP contribution in [-0.2, 0) is 19.1 Å². The van der Waals surface area contributed by atoms with Gasteiger partial charge in [-0.05, 0) is 87.9 Å². The number of aliphatic hydroxyl groups is 1. The zero-order valence-corrected chi connectivity index (χ0v) is 28.6. The van der Waals surface area contributed by atoms with Crippen molar-refractivity contribution < 1.29 is 29.0 Å². The van der Waals surface area contributed by atoms with E-state index in [2.05, 4.69) is 13.2 Å². The molecule has 47 heavy (non-hydrogen) atoms. The van der Waals surface area contributed by atoms with Crippen molar-refractivity contribution in [1.82, 2.24) is 4.90 Å². The van der Waals surface area contributed by atoms with Crippen LogP contribution in [0, 0.1) is 31.6 Å². The number of likely N-dealkylation sites (tertiary alicyclic amines) is 1. The Morgan fingerprint density at radius 1 is 1.06 bits per heavy atom. The van der Waals surface area contributed by atoms with E-state index in [0.717, 1.165) is 16.8 Å². The first-order valence-electron chi connectivity index (χ1n) is 16.7. The lowest BCUT2D eigenvalue weighted by Gasteiger charge is -2.41. The molecule has 0 aliphatic carbocycles. The summed E-state index contributed by atoms with van der Waals surface area (Å²) in [6, 6.07) is 11.5. The van der Waals surface area contributed by atoms with E-state index in [1.807, 2.05) is 84.0 Å². The fraction of sp³-hybridized carbons (Fsp3) is 0.500. The van der Waals surface area contributed by atoms with Gasteiger partial charge in [0.1, 0.15) is 17.4 Å². The molecule has 2 bridgehead atoms. The highest BCUT2D eigenvalue weighted by molar-refractivity contribution is 6.07. The van der Waals surface area contributed by atoms with E-state index in [0.29, 0.717) is 30.9 Å². The van der Waals surface area contributed by atoms with Gasteiger partial charge in [0.05, 0.1) is 36.7 Å². The van der Waals surface area contributed by atoms with Crippen LogP contribution in [0.15, 0.2) is 67.8 Å². The maximum atomic E-state index is 15.0. The lowest BCUT2D eigenvalue weighted by molar-refractivity contribution is -0.149. The molecule has 6 atom stereocenters. The molecular formula is C38H49N3O6. The number of ether oxygens (including phenoxy) is 2. The summed E-state index contributed by atoms with van der Waals surface area (Å²) in [4.78, 5) is 49.5. The van der Waals surface area contributed by atoms with Gasteiger partial charge in [0.15, 0.2) is 0 Å². The molecule has 3 fully saturated rings. The topological polar surface area (TPSA) is 99.6 Å². The Balaban J connectivity index is 1.63. The van der Waals surface area contributed by atoms with Gasteiger partial charge in [0, 0.05) is 24.5 Å².